The molecule has 2 heterocycles. The zero-order valence-electron chi connectivity index (χ0n) is 18.1. The number of hydrogen-bond donors (Lipinski definition) is 1. The van der Waals surface area contributed by atoms with Gasteiger partial charge in [-0.25, -0.2) is 14.2 Å². The summed E-state index contributed by atoms with van der Waals surface area (Å²) < 4.78 is 33.4. The molecule has 0 fully saturated rings. The fraction of sp³-hybridized carbons (Fsp3) is 0.192. The van der Waals surface area contributed by atoms with Gasteiger partial charge in [-0.3, -0.25) is 4.79 Å². The third kappa shape index (κ3) is 4.14. The van der Waals surface area contributed by atoms with Crippen molar-refractivity contribution in [1.82, 2.24) is 4.98 Å². The van der Waals surface area contributed by atoms with E-state index in [0.717, 1.165) is 12.0 Å². The number of benzene rings is 2. The molecular weight excluding hydrogens is 428 g/mol. The van der Waals surface area contributed by atoms with Gasteiger partial charge < -0.3 is 9.52 Å². The Morgan fingerprint density at radius 1 is 1.03 bits per heavy atom. The summed E-state index contributed by atoms with van der Waals surface area (Å²) in [5.74, 6) is -2.67. The maximum Gasteiger partial charge on any atom is 0.340 e. The number of halogens is 2. The number of pyridine rings is 1. The van der Waals surface area contributed by atoms with Gasteiger partial charge in [0.05, 0.1) is 5.56 Å². The number of carboxylic acids is 1. The second kappa shape index (κ2) is 8.94. The fourth-order valence-corrected chi connectivity index (χ4v) is 3.93. The van der Waals surface area contributed by atoms with E-state index in [1.165, 1.54) is 24.4 Å². The van der Waals surface area contributed by atoms with E-state index in [1.807, 2.05) is 13.0 Å². The van der Waals surface area contributed by atoms with Gasteiger partial charge in [0, 0.05) is 29.1 Å². The van der Waals surface area contributed by atoms with Crippen LogP contribution in [-0.2, 0) is 6.42 Å². The number of furan rings is 1. The maximum absolute atomic E-state index is 13.9. The zero-order chi connectivity index (χ0) is 23.7. The highest BCUT2D eigenvalue weighted by Crippen LogP contribution is 2.39. The summed E-state index contributed by atoms with van der Waals surface area (Å²) in [4.78, 5) is 28.0. The topological polar surface area (TPSA) is 80.4 Å². The first-order valence-electron chi connectivity index (χ1n) is 10.6. The Balaban J connectivity index is 2.01. The van der Waals surface area contributed by atoms with Crippen LogP contribution in [0.25, 0.3) is 33.4 Å². The molecule has 0 amide bonds. The molecule has 168 valence electrons. The Morgan fingerprint density at radius 2 is 1.76 bits per heavy atom. The summed E-state index contributed by atoms with van der Waals surface area (Å²) in [6.45, 7) is 3.74. The minimum Gasteiger partial charge on any atom is -0.478 e. The number of carbonyl (C=O) groups is 2. The standard InChI is InChI=1S/C26H21F2NO4/c1-3-5-15-11-22-19(12-18(15)16-10-20(26(31)32)25(28)29-13-16)23(21(30)4-2)24(33-22)14-6-8-17(27)9-7-14/h6-13H,3-5H2,1-2H3,(H,31,32). The third-order valence-corrected chi connectivity index (χ3v) is 5.52. The van der Waals surface area contributed by atoms with Crippen molar-refractivity contribution in [1.29, 1.82) is 0 Å². The predicted octanol–water partition coefficient (Wildman–Crippen LogP) is 6.68. The van der Waals surface area contributed by atoms with Gasteiger partial charge in [-0.15, -0.1) is 0 Å². The fourth-order valence-electron chi connectivity index (χ4n) is 3.93. The van der Waals surface area contributed by atoms with Crippen LogP contribution in [0.5, 0.6) is 0 Å². The third-order valence-electron chi connectivity index (χ3n) is 5.52. The molecule has 5 nitrogen and oxygen atoms in total. The van der Waals surface area contributed by atoms with E-state index in [9.17, 15) is 23.5 Å². The Hall–Kier alpha value is -3.87. The van der Waals surface area contributed by atoms with Gasteiger partial charge in [-0.2, -0.15) is 4.39 Å². The number of rotatable bonds is 7. The normalized spacial score (nSPS) is 11.2. The van der Waals surface area contributed by atoms with Crippen LogP contribution in [0.1, 0.15) is 53.0 Å². The summed E-state index contributed by atoms with van der Waals surface area (Å²) in [7, 11) is 0. The van der Waals surface area contributed by atoms with Crippen molar-refractivity contribution in [3.05, 3.63) is 77.1 Å². The lowest BCUT2D eigenvalue weighted by Gasteiger charge is -2.11. The predicted molar refractivity (Wildman–Crippen MR) is 120 cm³/mol. The molecule has 1 N–H and O–H groups in total. The first-order valence-corrected chi connectivity index (χ1v) is 10.6. The van der Waals surface area contributed by atoms with Crippen molar-refractivity contribution in [2.75, 3.05) is 0 Å². The number of aryl methyl sites for hydroxylation is 1. The number of carbonyl (C=O) groups excluding carboxylic acids is 1. The van der Waals surface area contributed by atoms with Crippen molar-refractivity contribution >= 4 is 22.7 Å². The minimum atomic E-state index is -1.41. The quantitative estimate of drug-likeness (QED) is 0.251. The molecular formula is C26H21F2NO4. The number of hydrogen-bond acceptors (Lipinski definition) is 4. The second-order valence-electron chi connectivity index (χ2n) is 7.71. The number of aromatic carboxylic acids is 1. The Kier molecular flexibility index (Phi) is 6.05. The van der Waals surface area contributed by atoms with Gasteiger partial charge in [-0.05, 0) is 60.0 Å². The monoisotopic (exact) mass is 449 g/mol. The molecule has 0 radical (unpaired) electrons. The number of ketones is 1. The summed E-state index contributed by atoms with van der Waals surface area (Å²) in [5.41, 5.74) is 2.83. The molecule has 0 spiro atoms. The number of nitrogens with zero attached hydrogens (tertiary/aromatic N) is 1. The molecule has 33 heavy (non-hydrogen) atoms. The van der Waals surface area contributed by atoms with Crippen molar-refractivity contribution in [2.24, 2.45) is 0 Å². The lowest BCUT2D eigenvalue weighted by molar-refractivity contribution is 0.0690. The number of fused-ring (bicyclic) bond motifs is 1. The van der Waals surface area contributed by atoms with Gasteiger partial charge in [0.25, 0.3) is 0 Å². The van der Waals surface area contributed by atoms with E-state index in [4.69, 9.17) is 4.42 Å². The van der Waals surface area contributed by atoms with Crippen LogP contribution in [0, 0.1) is 11.8 Å². The highest BCUT2D eigenvalue weighted by Gasteiger charge is 2.23. The summed E-state index contributed by atoms with van der Waals surface area (Å²) >= 11 is 0. The number of aromatic nitrogens is 1. The Bertz CT molecular complexity index is 1370. The molecule has 2 aromatic heterocycles. The van der Waals surface area contributed by atoms with E-state index in [2.05, 4.69) is 4.98 Å². The molecule has 0 saturated carbocycles. The number of Topliss-reactive ketones (excluding diaryl/α,β-unsaturated/α-hetero) is 1. The first-order chi connectivity index (χ1) is 15.8. The average molecular weight is 449 g/mol. The molecule has 0 saturated heterocycles. The average Bonchev–Trinajstić information content (AvgIpc) is 3.17. The Labute approximate surface area is 188 Å². The van der Waals surface area contributed by atoms with Crippen molar-refractivity contribution in [2.45, 2.75) is 33.1 Å². The molecule has 0 atom stereocenters. The molecule has 4 rings (SSSR count). The lowest BCUT2D eigenvalue weighted by Crippen LogP contribution is -2.03. The first kappa shape index (κ1) is 22.3. The van der Waals surface area contributed by atoms with E-state index in [1.54, 1.807) is 25.1 Å². The van der Waals surface area contributed by atoms with Gasteiger partial charge in [0.15, 0.2) is 5.78 Å². The molecule has 4 aromatic rings. The highest BCUT2D eigenvalue weighted by atomic mass is 19.1. The smallest absolute Gasteiger partial charge is 0.340 e. The van der Waals surface area contributed by atoms with E-state index in [0.29, 0.717) is 45.4 Å². The van der Waals surface area contributed by atoms with Crippen LogP contribution in [0.2, 0.25) is 0 Å². The van der Waals surface area contributed by atoms with E-state index < -0.39 is 23.3 Å². The van der Waals surface area contributed by atoms with Crippen LogP contribution < -0.4 is 0 Å². The summed E-state index contributed by atoms with van der Waals surface area (Å²) in [5, 5.41) is 9.87. The molecule has 0 aliphatic heterocycles. The molecule has 2 aromatic carbocycles. The summed E-state index contributed by atoms with van der Waals surface area (Å²) in [6, 6.07) is 10.5. The van der Waals surface area contributed by atoms with Crippen LogP contribution in [0.15, 0.2) is 53.1 Å². The van der Waals surface area contributed by atoms with Gasteiger partial charge in [0.2, 0.25) is 5.95 Å². The minimum absolute atomic E-state index is 0.147. The molecule has 0 unspecified atom stereocenters. The van der Waals surface area contributed by atoms with Crippen molar-refractivity contribution in [3.63, 3.8) is 0 Å². The SMILES string of the molecule is CCCc1cc2oc(-c3ccc(F)cc3)c(C(=O)CC)c2cc1-c1cnc(F)c(C(=O)O)c1. The molecule has 0 bridgehead atoms. The largest absolute Gasteiger partial charge is 0.478 e. The second-order valence-corrected chi connectivity index (χ2v) is 7.71. The van der Waals surface area contributed by atoms with Crippen molar-refractivity contribution in [3.8, 4) is 22.5 Å². The van der Waals surface area contributed by atoms with Gasteiger partial charge in [-0.1, -0.05) is 20.3 Å². The van der Waals surface area contributed by atoms with Gasteiger partial charge in [0.1, 0.15) is 22.7 Å². The van der Waals surface area contributed by atoms with Crippen LogP contribution in [0.3, 0.4) is 0 Å². The Morgan fingerprint density at radius 3 is 2.39 bits per heavy atom. The van der Waals surface area contributed by atoms with Crippen LogP contribution in [0.4, 0.5) is 8.78 Å². The van der Waals surface area contributed by atoms with Crippen LogP contribution in [-0.4, -0.2) is 21.8 Å². The van der Waals surface area contributed by atoms with Gasteiger partial charge >= 0.3 is 5.97 Å². The zero-order valence-corrected chi connectivity index (χ0v) is 18.1. The number of carboxylic acid groups (broad SMARTS) is 1. The van der Waals surface area contributed by atoms with Crippen LogP contribution >= 0.6 is 0 Å². The highest BCUT2D eigenvalue weighted by molar-refractivity contribution is 6.13. The maximum atomic E-state index is 13.9. The molecule has 7 heteroatoms. The lowest BCUT2D eigenvalue weighted by atomic mass is 9.93. The van der Waals surface area contributed by atoms with Crippen molar-refractivity contribution < 1.29 is 27.9 Å². The van der Waals surface area contributed by atoms with E-state index >= 15 is 0 Å². The molecule has 0 aliphatic rings. The summed E-state index contributed by atoms with van der Waals surface area (Å²) in [6.07, 6.45) is 2.96. The van der Waals surface area contributed by atoms with E-state index in [-0.39, 0.29) is 12.2 Å². The molecule has 0 aliphatic carbocycles.